The van der Waals surface area contributed by atoms with Crippen LogP contribution in [0.3, 0.4) is 0 Å². The molecule has 4 nitrogen and oxygen atoms in total. The second kappa shape index (κ2) is 33.2. The Hall–Kier alpha value is -17.0. The Morgan fingerprint density at radius 2 is 0.366 bits per heavy atom. The summed E-state index contributed by atoms with van der Waals surface area (Å²) >= 11 is 0. The van der Waals surface area contributed by atoms with E-state index < -0.39 is 16.1 Å². The van der Waals surface area contributed by atoms with Gasteiger partial charge in [-0.3, -0.25) is 0 Å². The molecule has 0 N–H and O–H groups in total. The number of benzene rings is 22. The van der Waals surface area contributed by atoms with E-state index in [1.807, 2.05) is 0 Å². The largest absolute Gasteiger partial charge is 0.309 e. The Balaban J connectivity index is 0.000000143. The van der Waals surface area contributed by atoms with Crippen LogP contribution in [0.1, 0.15) is 0 Å². The van der Waals surface area contributed by atoms with E-state index in [9.17, 15) is 0 Å². The minimum atomic E-state index is -2.93. The number of para-hydroxylation sites is 5. The molecule has 0 aliphatic rings. The first-order valence-electron chi connectivity index (χ1n) is 46.3. The fourth-order valence-corrected chi connectivity index (χ4v) is 31.5. The number of hydrogen-bond acceptors (Lipinski definition) is 0. The van der Waals surface area contributed by atoms with Gasteiger partial charge in [-0.15, -0.1) is 0 Å². The molecule has 26 aromatic rings. The maximum absolute atomic E-state index is 2.93. The fraction of sp³-hybridized carbons (Fsp3) is 0. The minimum Gasteiger partial charge on any atom is -0.309 e. The molecule has 0 radical (unpaired) electrons. The van der Waals surface area contributed by atoms with Crippen molar-refractivity contribution in [2.45, 2.75) is 0 Å². The Morgan fingerprint density at radius 1 is 0.112 bits per heavy atom. The maximum Gasteiger partial charge on any atom is 0.179 e. The Bertz CT molecular complexity index is 8770. The summed E-state index contributed by atoms with van der Waals surface area (Å²) in [6.07, 6.45) is 0. The maximum atomic E-state index is 2.52. The van der Waals surface area contributed by atoms with E-state index in [0.717, 1.165) is 17.1 Å². The average Bonchev–Trinajstić information content (AvgIpc) is 0.840. The van der Waals surface area contributed by atoms with Gasteiger partial charge in [0.2, 0.25) is 0 Å². The van der Waals surface area contributed by atoms with E-state index in [4.69, 9.17) is 0 Å². The lowest BCUT2D eigenvalue weighted by molar-refractivity contribution is 1.18. The van der Waals surface area contributed by atoms with Crippen LogP contribution in [0.4, 0.5) is 0 Å². The van der Waals surface area contributed by atoms with Crippen molar-refractivity contribution >= 4 is 166 Å². The second-order valence-electron chi connectivity index (χ2n) is 35.4. The van der Waals surface area contributed by atoms with Crippen molar-refractivity contribution in [1.82, 2.24) is 18.3 Å². The SMILES string of the molecule is c1ccc(-n2c3ccc(-c4ccc(-c5ccc6c(c5)c5ccccc5n6-c5ccc6ccccc6c5)cc4)cc3c3ccc([Si](c4ccccc4)(c4ccccc4)c4ccccc4)cc32)cc1.c1ccc(-n2c3ccccc3c3cc(-c4cc(-c5ccc6c(c5)c5ccccc5n6-c5ccc6ccccc6c5)cc([Si](c5ccccc5)(c5ccccc5)c5ccccc5)c4)ccc32)cc1. The van der Waals surface area contributed by atoms with Crippen LogP contribution in [0.15, 0.2) is 534 Å². The van der Waals surface area contributed by atoms with Gasteiger partial charge in [-0.05, 0) is 235 Å². The lowest BCUT2D eigenvalue weighted by Gasteiger charge is -2.35. The van der Waals surface area contributed by atoms with E-state index in [1.165, 1.54) is 200 Å². The molecule has 0 atom stereocenters. The van der Waals surface area contributed by atoms with Crippen LogP contribution in [0.5, 0.6) is 0 Å². The van der Waals surface area contributed by atoms with Crippen molar-refractivity contribution in [3.63, 3.8) is 0 Å². The second-order valence-corrected chi connectivity index (χ2v) is 43.0. The molecule has 0 aliphatic carbocycles. The molecule has 628 valence electrons. The van der Waals surface area contributed by atoms with Gasteiger partial charge in [0, 0.05) is 65.8 Å². The first kappa shape index (κ1) is 79.2. The lowest BCUT2D eigenvalue weighted by atomic mass is 9.97. The van der Waals surface area contributed by atoms with Crippen molar-refractivity contribution in [1.29, 1.82) is 0 Å². The summed E-state index contributed by atoms with van der Waals surface area (Å²) in [4.78, 5) is 0. The Kier molecular flexibility index (Phi) is 19.6. The lowest BCUT2D eigenvalue weighted by Crippen LogP contribution is -2.74. The van der Waals surface area contributed by atoms with Gasteiger partial charge in [-0.25, -0.2) is 0 Å². The van der Waals surface area contributed by atoms with Gasteiger partial charge in [-0.1, -0.05) is 406 Å². The van der Waals surface area contributed by atoms with Gasteiger partial charge >= 0.3 is 0 Å². The first-order chi connectivity index (χ1) is 66.4. The molecule has 22 aromatic carbocycles. The predicted molar refractivity (Wildman–Crippen MR) is 574 cm³/mol. The van der Waals surface area contributed by atoms with E-state index >= 15 is 0 Å². The van der Waals surface area contributed by atoms with Crippen LogP contribution < -0.4 is 41.5 Å². The molecule has 0 saturated heterocycles. The molecule has 4 aromatic heterocycles. The third-order valence-corrected chi connectivity index (χ3v) is 37.6. The van der Waals surface area contributed by atoms with Gasteiger partial charge in [0.15, 0.2) is 16.1 Å². The van der Waals surface area contributed by atoms with Crippen molar-refractivity contribution in [2.24, 2.45) is 0 Å². The molecule has 0 unspecified atom stereocenters. The highest BCUT2D eigenvalue weighted by Gasteiger charge is 2.44. The van der Waals surface area contributed by atoms with Crippen molar-refractivity contribution < 1.29 is 0 Å². The zero-order valence-corrected chi connectivity index (χ0v) is 75.6. The van der Waals surface area contributed by atoms with Gasteiger partial charge in [-0.2, -0.15) is 0 Å². The van der Waals surface area contributed by atoms with E-state index in [-0.39, 0.29) is 0 Å². The predicted octanol–water partition coefficient (Wildman–Crippen LogP) is 27.5. The molecule has 0 saturated carbocycles. The normalized spacial score (nSPS) is 11.9. The number of fused-ring (bicyclic) bond motifs is 14. The standard InChI is InChI=1S/2C64H44N2Si/c1-5-21-51(22-6-1)65-61-31-17-15-29-57(61)59-43-47(34-37-63(59)65)49-39-50(42-56(41-49)67(53-23-7-2-8-24-53,54-25-9-3-10-26-54)55-27-11-4-12-28-55)48-35-38-64-60(44-48)58-30-16-18-32-62(58)66(64)52-36-33-45-19-13-14-20-46(45)40-52;1-5-19-51(20-6-1)65-62-39-34-50(43-60(62)58-38-37-56(44-64(58)65)67(53-21-7-2-8-22-53,54-23-9-3-10-24-54)55-25-11-4-12-26-55)47-31-29-46(30-32-47)49-35-40-63-59(42-49)57-27-15-16-28-61(57)66(63)52-36-33-45-17-13-14-18-48(45)41-52/h2*1-44H. The van der Waals surface area contributed by atoms with Crippen LogP contribution in [0, 0.1) is 0 Å². The summed E-state index contributed by atoms with van der Waals surface area (Å²) in [5, 5.41) is 25.8. The quantitative estimate of drug-likeness (QED) is 0.0679. The van der Waals surface area contributed by atoms with E-state index in [2.05, 4.69) is 552 Å². The highest BCUT2D eigenvalue weighted by molar-refractivity contribution is 7.20. The minimum absolute atomic E-state index is 1.15. The number of aromatic nitrogens is 4. The molecule has 0 bridgehead atoms. The zero-order valence-electron chi connectivity index (χ0n) is 73.6. The smallest absolute Gasteiger partial charge is 0.179 e. The molecule has 0 fully saturated rings. The third-order valence-electron chi connectivity index (χ3n) is 28.1. The van der Waals surface area contributed by atoms with Crippen molar-refractivity contribution in [2.75, 3.05) is 0 Å². The highest BCUT2D eigenvalue weighted by Crippen LogP contribution is 2.43. The number of hydrogen-bond donors (Lipinski definition) is 0. The molecule has 26 rings (SSSR count). The molecule has 0 aliphatic heterocycles. The number of nitrogens with zero attached hydrogens (tertiary/aromatic N) is 4. The summed E-state index contributed by atoms with van der Waals surface area (Å²) < 4.78 is 9.71. The van der Waals surface area contributed by atoms with E-state index in [0.29, 0.717) is 0 Å². The van der Waals surface area contributed by atoms with Gasteiger partial charge in [0.05, 0.1) is 44.1 Å². The van der Waals surface area contributed by atoms with Crippen molar-refractivity contribution in [3.05, 3.63) is 534 Å². The Morgan fingerprint density at radius 3 is 0.709 bits per heavy atom. The summed E-state index contributed by atoms with van der Waals surface area (Å²) in [6.45, 7) is 0. The summed E-state index contributed by atoms with van der Waals surface area (Å²) in [5.41, 5.74) is 23.9. The van der Waals surface area contributed by atoms with E-state index in [1.54, 1.807) is 0 Å². The first-order valence-corrected chi connectivity index (χ1v) is 50.3. The average molecular weight is 1740 g/mol. The zero-order chi connectivity index (χ0) is 88.6. The topological polar surface area (TPSA) is 19.7 Å². The molecular weight excluding hydrogens is 1650 g/mol. The molecular formula is C128H88N4Si2. The molecule has 134 heavy (non-hydrogen) atoms. The van der Waals surface area contributed by atoms with Crippen LogP contribution >= 0.6 is 0 Å². The molecule has 4 heterocycles. The van der Waals surface area contributed by atoms with Gasteiger partial charge in [0.25, 0.3) is 0 Å². The van der Waals surface area contributed by atoms with Crippen LogP contribution in [0.2, 0.25) is 0 Å². The molecule has 0 amide bonds. The highest BCUT2D eigenvalue weighted by atomic mass is 28.3. The summed E-state index contributed by atoms with van der Waals surface area (Å²) in [6, 6.07) is 198. The molecule has 6 heteroatoms. The Labute approximate surface area is 780 Å². The van der Waals surface area contributed by atoms with Gasteiger partial charge in [0.1, 0.15) is 0 Å². The molecule has 0 spiro atoms. The van der Waals surface area contributed by atoms with Crippen LogP contribution in [-0.4, -0.2) is 34.4 Å². The van der Waals surface area contributed by atoms with Crippen LogP contribution in [0.25, 0.3) is 176 Å². The number of rotatable bonds is 16. The summed E-state index contributed by atoms with van der Waals surface area (Å²) in [5.74, 6) is 0. The monoisotopic (exact) mass is 1740 g/mol. The van der Waals surface area contributed by atoms with Crippen LogP contribution in [-0.2, 0) is 0 Å². The van der Waals surface area contributed by atoms with Gasteiger partial charge < -0.3 is 18.3 Å². The fourth-order valence-electron chi connectivity index (χ4n) is 22.0. The van der Waals surface area contributed by atoms with Crippen molar-refractivity contribution in [3.8, 4) is 67.3 Å². The third kappa shape index (κ3) is 13.3. The summed E-state index contributed by atoms with van der Waals surface area (Å²) in [7, 11) is -5.69.